The Morgan fingerprint density at radius 1 is 1.42 bits per heavy atom. The van der Waals surface area contributed by atoms with Crippen LogP contribution in [0.3, 0.4) is 0 Å². The summed E-state index contributed by atoms with van der Waals surface area (Å²) in [4.78, 5) is 0. The maximum atomic E-state index is 6.06. The van der Waals surface area contributed by atoms with Crippen LogP contribution in [0.15, 0.2) is 22.2 Å². The van der Waals surface area contributed by atoms with E-state index < -0.39 is 0 Å². The van der Waals surface area contributed by atoms with Gasteiger partial charge >= 0.3 is 0 Å². The average Bonchev–Trinajstić information content (AvgIpc) is 2.57. The van der Waals surface area contributed by atoms with Crippen molar-refractivity contribution in [3.05, 3.63) is 22.2 Å². The zero-order valence-electron chi connectivity index (χ0n) is 6.85. The van der Waals surface area contributed by atoms with E-state index in [2.05, 4.69) is 16.2 Å². The summed E-state index contributed by atoms with van der Waals surface area (Å²) in [5, 5.41) is 2.91. The molecule has 66 valence electrons. The van der Waals surface area contributed by atoms with Gasteiger partial charge in [0, 0.05) is 0 Å². The molecular weight excluding hydrogens is 190 g/mol. The molecule has 1 nitrogen and oxygen atoms in total. The van der Waals surface area contributed by atoms with E-state index in [1.165, 1.54) is 31.3 Å². The highest BCUT2D eigenvalue weighted by Crippen LogP contribution is 2.35. The lowest BCUT2D eigenvalue weighted by atomic mass is 9.98. The van der Waals surface area contributed by atoms with Crippen LogP contribution in [0, 0.1) is 5.92 Å². The summed E-state index contributed by atoms with van der Waals surface area (Å²) >= 11 is 7.60. The van der Waals surface area contributed by atoms with E-state index in [0.717, 1.165) is 5.16 Å². The maximum Gasteiger partial charge on any atom is 0.115 e. The van der Waals surface area contributed by atoms with Crippen LogP contribution in [0.1, 0.15) is 25.7 Å². The Morgan fingerprint density at radius 2 is 2.17 bits per heavy atom. The highest BCUT2D eigenvalue weighted by Gasteiger charge is 2.21. The van der Waals surface area contributed by atoms with Crippen LogP contribution in [-0.2, 0) is 0 Å². The van der Waals surface area contributed by atoms with Gasteiger partial charge in [0.05, 0.1) is 0 Å². The quantitative estimate of drug-likeness (QED) is 0.516. The third kappa shape index (κ3) is 1.64. The standard InChI is InChI=1S/C9H12ClNS/c10-9-8(5-6-12-11-9)7-3-1-2-4-7/h5-7,11H,1-4H2. The first-order valence-corrected chi connectivity index (χ1v) is 5.61. The predicted molar refractivity (Wildman–Crippen MR) is 54.7 cm³/mol. The van der Waals surface area contributed by atoms with Gasteiger partial charge in [-0.05, 0) is 47.8 Å². The van der Waals surface area contributed by atoms with Crippen LogP contribution < -0.4 is 4.72 Å². The highest BCUT2D eigenvalue weighted by molar-refractivity contribution is 8.00. The number of nitrogens with one attached hydrogen (secondary N) is 1. The van der Waals surface area contributed by atoms with Gasteiger partial charge in [-0.1, -0.05) is 24.4 Å². The summed E-state index contributed by atoms with van der Waals surface area (Å²) in [5.41, 5.74) is 1.31. The fraction of sp³-hybridized carbons (Fsp3) is 0.556. The molecule has 12 heavy (non-hydrogen) atoms. The van der Waals surface area contributed by atoms with Gasteiger partial charge in [0.25, 0.3) is 0 Å². The Labute approximate surface area is 82.4 Å². The first-order valence-electron chi connectivity index (χ1n) is 4.36. The first kappa shape index (κ1) is 8.52. The highest BCUT2D eigenvalue weighted by atomic mass is 35.5. The third-order valence-corrected chi connectivity index (χ3v) is 3.53. The second kappa shape index (κ2) is 3.75. The van der Waals surface area contributed by atoms with Gasteiger partial charge in [-0.2, -0.15) is 0 Å². The first-order chi connectivity index (χ1) is 5.88. The SMILES string of the molecule is ClC1=C(C2CCCC2)C=CSN1. The van der Waals surface area contributed by atoms with Crippen molar-refractivity contribution in [2.75, 3.05) is 0 Å². The molecule has 0 unspecified atom stereocenters. The van der Waals surface area contributed by atoms with Crippen LogP contribution in [0.2, 0.25) is 0 Å². The summed E-state index contributed by atoms with van der Waals surface area (Å²) in [6, 6.07) is 0. The number of hydrogen-bond donors (Lipinski definition) is 1. The number of halogens is 1. The van der Waals surface area contributed by atoms with Crippen LogP contribution >= 0.6 is 23.5 Å². The molecular formula is C9H12ClNS. The van der Waals surface area contributed by atoms with Crippen molar-refractivity contribution in [2.45, 2.75) is 25.7 Å². The van der Waals surface area contributed by atoms with Crippen molar-refractivity contribution in [2.24, 2.45) is 5.92 Å². The minimum atomic E-state index is 0.710. The zero-order valence-corrected chi connectivity index (χ0v) is 8.42. The number of rotatable bonds is 1. The molecule has 2 aliphatic rings. The molecule has 1 N–H and O–H groups in total. The zero-order chi connectivity index (χ0) is 8.39. The van der Waals surface area contributed by atoms with Crippen molar-refractivity contribution in [3.63, 3.8) is 0 Å². The van der Waals surface area contributed by atoms with Gasteiger partial charge < -0.3 is 4.72 Å². The Morgan fingerprint density at radius 3 is 2.83 bits per heavy atom. The van der Waals surface area contributed by atoms with Crippen LogP contribution in [0.4, 0.5) is 0 Å². The van der Waals surface area contributed by atoms with Gasteiger partial charge in [-0.3, -0.25) is 0 Å². The van der Waals surface area contributed by atoms with E-state index in [-0.39, 0.29) is 0 Å². The molecule has 0 aromatic rings. The third-order valence-electron chi connectivity index (χ3n) is 2.51. The smallest absolute Gasteiger partial charge is 0.115 e. The maximum absolute atomic E-state index is 6.06. The number of hydrogen-bond acceptors (Lipinski definition) is 2. The lowest BCUT2D eigenvalue weighted by Crippen LogP contribution is -2.08. The molecule has 0 bridgehead atoms. The van der Waals surface area contributed by atoms with E-state index in [9.17, 15) is 0 Å². The molecule has 1 saturated carbocycles. The van der Waals surface area contributed by atoms with Crippen LogP contribution in [0.25, 0.3) is 0 Å². The Balaban J connectivity index is 2.14. The average molecular weight is 202 g/mol. The van der Waals surface area contributed by atoms with Crippen LogP contribution in [0.5, 0.6) is 0 Å². The van der Waals surface area contributed by atoms with E-state index in [1.807, 2.05) is 0 Å². The molecule has 1 fully saturated rings. The molecule has 0 saturated heterocycles. The largest absolute Gasteiger partial charge is 0.316 e. The molecule has 0 aromatic carbocycles. The summed E-state index contributed by atoms with van der Waals surface area (Å²) in [6.45, 7) is 0. The molecule has 1 aliphatic heterocycles. The Bertz CT molecular complexity index is 229. The van der Waals surface area contributed by atoms with Gasteiger partial charge in [0.2, 0.25) is 0 Å². The fourth-order valence-corrected chi connectivity index (χ4v) is 2.73. The van der Waals surface area contributed by atoms with Crippen LogP contribution in [-0.4, -0.2) is 0 Å². The summed E-state index contributed by atoms with van der Waals surface area (Å²) in [7, 11) is 0. The molecule has 0 radical (unpaired) electrons. The lowest BCUT2D eigenvalue weighted by Gasteiger charge is -2.16. The molecule has 0 spiro atoms. The van der Waals surface area contributed by atoms with Crippen molar-refractivity contribution in [3.8, 4) is 0 Å². The second-order valence-corrected chi connectivity index (χ2v) is 4.36. The van der Waals surface area contributed by atoms with Crippen molar-refractivity contribution in [1.29, 1.82) is 0 Å². The van der Waals surface area contributed by atoms with Crippen molar-refractivity contribution < 1.29 is 0 Å². The van der Waals surface area contributed by atoms with E-state index in [1.54, 1.807) is 11.9 Å². The van der Waals surface area contributed by atoms with Gasteiger partial charge in [0.15, 0.2) is 0 Å². The van der Waals surface area contributed by atoms with E-state index in [0.29, 0.717) is 5.92 Å². The fourth-order valence-electron chi connectivity index (χ4n) is 1.88. The van der Waals surface area contributed by atoms with E-state index >= 15 is 0 Å². The molecule has 0 amide bonds. The van der Waals surface area contributed by atoms with Crippen molar-refractivity contribution in [1.82, 2.24) is 4.72 Å². The molecule has 2 rings (SSSR count). The van der Waals surface area contributed by atoms with Gasteiger partial charge in [-0.25, -0.2) is 0 Å². The summed E-state index contributed by atoms with van der Waals surface area (Å²) < 4.78 is 3.08. The molecule has 1 aliphatic carbocycles. The van der Waals surface area contributed by atoms with Gasteiger partial charge in [0.1, 0.15) is 5.16 Å². The van der Waals surface area contributed by atoms with Gasteiger partial charge in [-0.15, -0.1) is 0 Å². The molecule has 0 aromatic heterocycles. The summed E-state index contributed by atoms with van der Waals surface area (Å²) in [6.07, 6.45) is 7.49. The minimum Gasteiger partial charge on any atom is -0.316 e. The molecule has 3 heteroatoms. The molecule has 0 atom stereocenters. The second-order valence-electron chi connectivity index (χ2n) is 3.27. The number of allylic oxidation sites excluding steroid dienone is 2. The lowest BCUT2D eigenvalue weighted by molar-refractivity contribution is 0.652. The normalized spacial score (nSPS) is 24.8. The minimum absolute atomic E-state index is 0.710. The predicted octanol–water partition coefficient (Wildman–Crippen LogP) is 3.39. The monoisotopic (exact) mass is 201 g/mol. The topological polar surface area (TPSA) is 12.0 Å². The van der Waals surface area contributed by atoms with E-state index in [4.69, 9.17) is 11.6 Å². The molecule has 1 heterocycles. The van der Waals surface area contributed by atoms with Crippen molar-refractivity contribution >= 4 is 23.5 Å². The Kier molecular flexibility index (Phi) is 2.66. The Hall–Kier alpha value is -0.0800. The summed E-state index contributed by atoms with van der Waals surface area (Å²) in [5.74, 6) is 0.710.